The summed E-state index contributed by atoms with van der Waals surface area (Å²) in [5.74, 6) is -0.170. The Bertz CT molecular complexity index is 294. The fourth-order valence-corrected chi connectivity index (χ4v) is 1.67. The van der Waals surface area contributed by atoms with Crippen LogP contribution >= 0.6 is 0 Å². The van der Waals surface area contributed by atoms with Crippen LogP contribution in [0.3, 0.4) is 0 Å². The first kappa shape index (κ1) is 10.9. The van der Waals surface area contributed by atoms with Gasteiger partial charge in [0.05, 0.1) is 26.3 Å². The molecule has 6 nitrogen and oxygen atoms in total. The van der Waals surface area contributed by atoms with Crippen molar-refractivity contribution in [3.05, 3.63) is 12.3 Å². The SMILES string of the molecule is O=C1CNC(=O)N1CC=CN1CCOCC1. The average molecular weight is 225 g/mol. The van der Waals surface area contributed by atoms with Gasteiger partial charge in [-0.25, -0.2) is 4.79 Å². The number of imide groups is 1. The fourth-order valence-electron chi connectivity index (χ4n) is 1.67. The van der Waals surface area contributed by atoms with Crippen molar-refractivity contribution < 1.29 is 14.3 Å². The highest BCUT2D eigenvalue weighted by Crippen LogP contribution is 2.01. The molecule has 0 radical (unpaired) electrons. The van der Waals surface area contributed by atoms with E-state index >= 15 is 0 Å². The van der Waals surface area contributed by atoms with Gasteiger partial charge in [0, 0.05) is 13.1 Å². The summed E-state index contributed by atoms with van der Waals surface area (Å²) in [5, 5.41) is 2.48. The van der Waals surface area contributed by atoms with E-state index in [0.717, 1.165) is 26.3 Å². The van der Waals surface area contributed by atoms with Gasteiger partial charge in [0.15, 0.2) is 0 Å². The van der Waals surface area contributed by atoms with Gasteiger partial charge in [-0.15, -0.1) is 0 Å². The Labute approximate surface area is 93.8 Å². The molecule has 0 aromatic heterocycles. The minimum Gasteiger partial charge on any atom is -0.378 e. The third kappa shape index (κ3) is 2.52. The maximum absolute atomic E-state index is 11.2. The van der Waals surface area contributed by atoms with E-state index < -0.39 is 0 Å². The monoisotopic (exact) mass is 225 g/mol. The molecule has 1 N–H and O–H groups in total. The van der Waals surface area contributed by atoms with E-state index in [2.05, 4.69) is 10.2 Å². The van der Waals surface area contributed by atoms with Crippen LogP contribution in [0.1, 0.15) is 0 Å². The van der Waals surface area contributed by atoms with Gasteiger partial charge in [-0.05, 0) is 12.3 Å². The zero-order chi connectivity index (χ0) is 11.4. The Balaban J connectivity index is 1.79. The van der Waals surface area contributed by atoms with Crippen LogP contribution in [0, 0.1) is 0 Å². The normalized spacial score (nSPS) is 22.0. The zero-order valence-corrected chi connectivity index (χ0v) is 9.02. The van der Waals surface area contributed by atoms with Crippen molar-refractivity contribution in [3.8, 4) is 0 Å². The molecule has 0 aromatic rings. The van der Waals surface area contributed by atoms with Crippen LogP contribution in [-0.2, 0) is 9.53 Å². The predicted molar refractivity (Wildman–Crippen MR) is 56.6 cm³/mol. The Morgan fingerprint density at radius 3 is 2.69 bits per heavy atom. The van der Waals surface area contributed by atoms with E-state index in [1.54, 1.807) is 0 Å². The smallest absolute Gasteiger partial charge is 0.324 e. The topological polar surface area (TPSA) is 61.9 Å². The van der Waals surface area contributed by atoms with Crippen molar-refractivity contribution in [1.82, 2.24) is 15.1 Å². The first-order chi connectivity index (χ1) is 7.77. The minimum atomic E-state index is -0.309. The van der Waals surface area contributed by atoms with Crippen LogP contribution in [0.2, 0.25) is 0 Å². The minimum absolute atomic E-state index is 0.115. The van der Waals surface area contributed by atoms with E-state index in [0.29, 0.717) is 6.54 Å². The van der Waals surface area contributed by atoms with Crippen molar-refractivity contribution >= 4 is 11.9 Å². The molecule has 0 spiro atoms. The van der Waals surface area contributed by atoms with Gasteiger partial charge in [-0.1, -0.05) is 0 Å². The molecule has 88 valence electrons. The molecule has 2 fully saturated rings. The summed E-state index contributed by atoms with van der Waals surface area (Å²) in [7, 11) is 0. The molecule has 2 saturated heterocycles. The van der Waals surface area contributed by atoms with Gasteiger partial charge >= 0.3 is 6.03 Å². The Kier molecular flexibility index (Phi) is 3.40. The third-order valence-electron chi connectivity index (χ3n) is 2.59. The van der Waals surface area contributed by atoms with Crippen molar-refractivity contribution in [2.75, 3.05) is 39.4 Å². The third-order valence-corrected chi connectivity index (χ3v) is 2.59. The van der Waals surface area contributed by atoms with Crippen LogP contribution < -0.4 is 5.32 Å². The molecule has 0 aromatic carbocycles. The van der Waals surface area contributed by atoms with Gasteiger partial charge in [0.1, 0.15) is 0 Å². The Hall–Kier alpha value is -1.56. The van der Waals surface area contributed by atoms with Gasteiger partial charge in [-0.3, -0.25) is 9.69 Å². The summed E-state index contributed by atoms with van der Waals surface area (Å²) in [4.78, 5) is 25.8. The molecule has 16 heavy (non-hydrogen) atoms. The number of rotatable bonds is 3. The molecule has 0 unspecified atom stereocenters. The van der Waals surface area contributed by atoms with Crippen molar-refractivity contribution in [1.29, 1.82) is 0 Å². The van der Waals surface area contributed by atoms with E-state index in [9.17, 15) is 9.59 Å². The highest BCUT2D eigenvalue weighted by Gasteiger charge is 2.26. The molecule has 0 bridgehead atoms. The highest BCUT2D eigenvalue weighted by atomic mass is 16.5. The maximum atomic E-state index is 11.2. The van der Waals surface area contributed by atoms with Gasteiger partial charge in [0.25, 0.3) is 0 Å². The van der Waals surface area contributed by atoms with E-state index in [4.69, 9.17) is 4.74 Å². The van der Waals surface area contributed by atoms with Gasteiger partial charge in [0.2, 0.25) is 5.91 Å². The second kappa shape index (κ2) is 4.98. The largest absolute Gasteiger partial charge is 0.378 e. The van der Waals surface area contributed by atoms with Crippen LogP contribution in [0.15, 0.2) is 12.3 Å². The van der Waals surface area contributed by atoms with E-state index in [1.165, 1.54) is 4.90 Å². The van der Waals surface area contributed by atoms with Crippen LogP contribution in [0.25, 0.3) is 0 Å². The molecule has 2 aliphatic heterocycles. The first-order valence-corrected chi connectivity index (χ1v) is 5.34. The molecular formula is C10H15N3O3. The van der Waals surface area contributed by atoms with Crippen LogP contribution in [0.4, 0.5) is 4.79 Å². The van der Waals surface area contributed by atoms with Crippen molar-refractivity contribution in [2.24, 2.45) is 0 Å². The average Bonchev–Trinajstić information content (AvgIpc) is 2.62. The van der Waals surface area contributed by atoms with Gasteiger partial charge in [-0.2, -0.15) is 0 Å². The summed E-state index contributed by atoms with van der Waals surface area (Å²) >= 11 is 0. The maximum Gasteiger partial charge on any atom is 0.324 e. The lowest BCUT2D eigenvalue weighted by Gasteiger charge is -2.25. The lowest BCUT2D eigenvalue weighted by Crippen LogP contribution is -2.33. The number of nitrogens with one attached hydrogen (secondary N) is 1. The zero-order valence-electron chi connectivity index (χ0n) is 9.02. The molecule has 3 amide bonds. The molecule has 0 atom stereocenters. The number of urea groups is 1. The summed E-state index contributed by atoms with van der Waals surface area (Å²) in [6.07, 6.45) is 3.75. The first-order valence-electron chi connectivity index (χ1n) is 5.34. The molecule has 6 heteroatoms. The second-order valence-electron chi connectivity index (χ2n) is 3.70. The summed E-state index contributed by atoms with van der Waals surface area (Å²) < 4.78 is 5.21. The summed E-state index contributed by atoms with van der Waals surface area (Å²) in [5.41, 5.74) is 0. The van der Waals surface area contributed by atoms with Gasteiger partial charge < -0.3 is 15.0 Å². The van der Waals surface area contributed by atoms with Crippen molar-refractivity contribution in [2.45, 2.75) is 0 Å². The summed E-state index contributed by atoms with van der Waals surface area (Å²) in [6.45, 7) is 3.63. The molecular weight excluding hydrogens is 210 g/mol. The molecule has 0 aliphatic carbocycles. The number of hydrogen-bond acceptors (Lipinski definition) is 4. The second-order valence-corrected chi connectivity index (χ2v) is 3.70. The molecule has 2 heterocycles. The standard InChI is InChI=1S/C10H15N3O3/c14-9-8-11-10(15)13(9)3-1-2-12-4-6-16-7-5-12/h1-2H,3-8H2,(H,11,15). The van der Waals surface area contributed by atoms with E-state index in [-0.39, 0.29) is 18.5 Å². The van der Waals surface area contributed by atoms with E-state index in [1.807, 2.05) is 12.3 Å². The lowest BCUT2D eigenvalue weighted by molar-refractivity contribution is -0.124. The molecule has 0 saturated carbocycles. The fraction of sp³-hybridized carbons (Fsp3) is 0.600. The highest BCUT2D eigenvalue weighted by molar-refractivity contribution is 6.02. The Morgan fingerprint density at radius 2 is 2.06 bits per heavy atom. The molecule has 2 rings (SSSR count). The summed E-state index contributed by atoms with van der Waals surface area (Å²) in [6, 6.07) is -0.309. The number of carbonyl (C=O) groups is 2. The van der Waals surface area contributed by atoms with Crippen molar-refractivity contribution in [3.63, 3.8) is 0 Å². The lowest BCUT2D eigenvalue weighted by atomic mass is 10.4. The predicted octanol–water partition coefficient (Wildman–Crippen LogP) is -0.616. The number of ether oxygens (including phenoxy) is 1. The van der Waals surface area contributed by atoms with Crippen LogP contribution in [0.5, 0.6) is 0 Å². The number of hydrogen-bond donors (Lipinski definition) is 1. The number of carbonyl (C=O) groups excluding carboxylic acids is 2. The Morgan fingerprint density at radius 1 is 1.31 bits per heavy atom. The quantitative estimate of drug-likeness (QED) is 0.650. The molecule has 2 aliphatic rings. The number of nitrogens with zero attached hydrogens (tertiary/aromatic N) is 2. The number of amides is 3. The number of morpholine rings is 1. The van der Waals surface area contributed by atoms with Crippen LogP contribution in [-0.4, -0.2) is 61.1 Å².